The molecular weight excluding hydrogens is 282 g/mol. The molecular formula is C15H19N5O2. The summed E-state index contributed by atoms with van der Waals surface area (Å²) in [5.41, 5.74) is 0.619. The van der Waals surface area contributed by atoms with Crippen molar-refractivity contribution in [2.75, 3.05) is 18.0 Å². The first-order chi connectivity index (χ1) is 10.6. The molecule has 1 fully saturated rings. The molecule has 0 aromatic carbocycles. The lowest BCUT2D eigenvalue weighted by atomic mass is 10.1. The summed E-state index contributed by atoms with van der Waals surface area (Å²) in [5.74, 6) is 1.29. The molecule has 22 heavy (non-hydrogen) atoms. The maximum Gasteiger partial charge on any atom is 0.289 e. The van der Waals surface area contributed by atoms with Crippen molar-refractivity contribution in [1.29, 1.82) is 0 Å². The summed E-state index contributed by atoms with van der Waals surface area (Å²) in [6.45, 7) is 5.11. The van der Waals surface area contributed by atoms with Gasteiger partial charge in [0.15, 0.2) is 5.89 Å². The number of nitrogens with one attached hydrogen (secondary N) is 1. The molecule has 1 aliphatic rings. The van der Waals surface area contributed by atoms with Gasteiger partial charge >= 0.3 is 0 Å². The molecule has 0 radical (unpaired) electrons. The second-order valence-electron chi connectivity index (χ2n) is 5.45. The fraction of sp³-hybridized carbons (Fsp3) is 0.467. The summed E-state index contributed by atoms with van der Waals surface area (Å²) in [6, 6.07) is 1.84. The minimum atomic E-state index is -0.209. The maximum atomic E-state index is 12.3. The third kappa shape index (κ3) is 3.08. The Labute approximate surface area is 128 Å². The lowest BCUT2D eigenvalue weighted by molar-refractivity contribution is 0.0902. The fourth-order valence-electron chi connectivity index (χ4n) is 2.72. The van der Waals surface area contributed by atoms with Gasteiger partial charge in [-0.1, -0.05) is 0 Å². The minimum absolute atomic E-state index is 0.0508. The highest BCUT2D eigenvalue weighted by atomic mass is 16.4. The van der Waals surface area contributed by atoms with Crippen molar-refractivity contribution in [1.82, 2.24) is 20.3 Å². The van der Waals surface area contributed by atoms with Crippen LogP contribution in [0.25, 0.3) is 0 Å². The first-order valence-corrected chi connectivity index (χ1v) is 7.40. The molecule has 0 aliphatic carbocycles. The van der Waals surface area contributed by atoms with Crippen molar-refractivity contribution >= 4 is 11.9 Å². The van der Waals surface area contributed by atoms with E-state index in [9.17, 15) is 4.79 Å². The van der Waals surface area contributed by atoms with Gasteiger partial charge in [-0.2, -0.15) is 0 Å². The third-order valence-corrected chi connectivity index (χ3v) is 3.70. The van der Waals surface area contributed by atoms with Gasteiger partial charge in [0.05, 0.1) is 5.69 Å². The molecule has 0 bridgehead atoms. The van der Waals surface area contributed by atoms with Crippen LogP contribution in [-0.4, -0.2) is 40.0 Å². The van der Waals surface area contributed by atoms with Gasteiger partial charge in [-0.05, 0) is 25.8 Å². The van der Waals surface area contributed by atoms with E-state index in [0.717, 1.165) is 19.4 Å². The highest BCUT2D eigenvalue weighted by Gasteiger charge is 2.25. The third-order valence-electron chi connectivity index (χ3n) is 3.70. The second kappa shape index (κ2) is 6.13. The second-order valence-corrected chi connectivity index (χ2v) is 5.45. The minimum Gasteiger partial charge on any atom is -0.436 e. The van der Waals surface area contributed by atoms with Crippen molar-refractivity contribution in [3.05, 3.63) is 35.8 Å². The fourth-order valence-corrected chi connectivity index (χ4v) is 2.72. The molecule has 1 aliphatic heterocycles. The predicted octanol–water partition coefficient (Wildman–Crippen LogP) is 1.48. The monoisotopic (exact) mass is 301 g/mol. The van der Waals surface area contributed by atoms with E-state index in [2.05, 4.69) is 25.2 Å². The van der Waals surface area contributed by atoms with Crippen LogP contribution in [0.5, 0.6) is 0 Å². The zero-order valence-corrected chi connectivity index (χ0v) is 12.7. The first-order valence-electron chi connectivity index (χ1n) is 7.40. The van der Waals surface area contributed by atoms with Crippen molar-refractivity contribution in [3.8, 4) is 0 Å². The van der Waals surface area contributed by atoms with E-state index in [1.165, 1.54) is 0 Å². The molecule has 1 atom stereocenters. The zero-order chi connectivity index (χ0) is 15.5. The number of carbonyl (C=O) groups excluding carboxylic acids is 1. The van der Waals surface area contributed by atoms with Crippen LogP contribution in [0.4, 0.5) is 5.95 Å². The van der Waals surface area contributed by atoms with Gasteiger partial charge in [0.1, 0.15) is 0 Å². The van der Waals surface area contributed by atoms with E-state index in [1.54, 1.807) is 32.3 Å². The SMILES string of the molecule is Cc1nc(C)c(C(=O)NC2CCCN(c3ncccn3)C2)o1. The molecule has 1 amide bonds. The standard InChI is InChI=1S/C15H19N5O2/c1-10-13(22-11(2)18-10)14(21)19-12-5-3-8-20(9-12)15-16-6-4-7-17-15/h4,6-7,12H,3,5,8-9H2,1-2H3,(H,19,21). The molecule has 3 heterocycles. The number of carbonyl (C=O) groups is 1. The van der Waals surface area contributed by atoms with Gasteiger partial charge < -0.3 is 14.6 Å². The van der Waals surface area contributed by atoms with Crippen LogP contribution in [0.15, 0.2) is 22.9 Å². The average Bonchev–Trinajstić information content (AvgIpc) is 2.87. The van der Waals surface area contributed by atoms with Crippen LogP contribution in [0, 0.1) is 13.8 Å². The molecule has 3 rings (SSSR count). The zero-order valence-electron chi connectivity index (χ0n) is 12.7. The molecule has 7 heteroatoms. The first kappa shape index (κ1) is 14.5. The van der Waals surface area contributed by atoms with E-state index in [0.29, 0.717) is 29.8 Å². The summed E-state index contributed by atoms with van der Waals surface area (Å²) < 4.78 is 5.37. The lowest BCUT2D eigenvalue weighted by Crippen LogP contribution is -2.48. The summed E-state index contributed by atoms with van der Waals surface area (Å²) in [6.07, 6.45) is 5.37. The summed E-state index contributed by atoms with van der Waals surface area (Å²) >= 11 is 0. The van der Waals surface area contributed by atoms with Crippen molar-refractivity contribution in [3.63, 3.8) is 0 Å². The van der Waals surface area contributed by atoms with E-state index in [4.69, 9.17) is 4.42 Å². The molecule has 2 aromatic rings. The highest BCUT2D eigenvalue weighted by molar-refractivity contribution is 5.92. The van der Waals surface area contributed by atoms with Crippen LogP contribution >= 0.6 is 0 Å². The molecule has 7 nitrogen and oxygen atoms in total. The summed E-state index contributed by atoms with van der Waals surface area (Å²) in [5, 5.41) is 3.02. The number of anilines is 1. The number of piperidine rings is 1. The van der Waals surface area contributed by atoms with Crippen LogP contribution in [0.3, 0.4) is 0 Å². The lowest BCUT2D eigenvalue weighted by Gasteiger charge is -2.32. The Morgan fingerprint density at radius 3 is 2.82 bits per heavy atom. The topological polar surface area (TPSA) is 84.2 Å². The van der Waals surface area contributed by atoms with Crippen LogP contribution in [-0.2, 0) is 0 Å². The van der Waals surface area contributed by atoms with Gasteiger partial charge in [-0.3, -0.25) is 4.79 Å². The van der Waals surface area contributed by atoms with Gasteiger partial charge in [0.2, 0.25) is 11.7 Å². The van der Waals surface area contributed by atoms with Gasteiger partial charge in [-0.25, -0.2) is 15.0 Å². The number of oxazole rings is 1. The molecule has 1 N–H and O–H groups in total. The Morgan fingerprint density at radius 2 is 2.14 bits per heavy atom. The van der Waals surface area contributed by atoms with E-state index in [-0.39, 0.29) is 11.9 Å². The van der Waals surface area contributed by atoms with Crippen molar-refractivity contribution in [2.45, 2.75) is 32.7 Å². The van der Waals surface area contributed by atoms with Crippen molar-refractivity contribution in [2.24, 2.45) is 0 Å². The molecule has 0 saturated carbocycles. The van der Waals surface area contributed by atoms with Crippen LogP contribution in [0.1, 0.15) is 35.0 Å². The largest absolute Gasteiger partial charge is 0.436 e. The molecule has 2 aromatic heterocycles. The Hall–Kier alpha value is -2.44. The normalized spacial score (nSPS) is 18.3. The number of aromatic nitrogens is 3. The summed E-state index contributed by atoms with van der Waals surface area (Å²) in [4.78, 5) is 27.0. The number of amides is 1. The number of nitrogens with zero attached hydrogens (tertiary/aromatic N) is 4. The van der Waals surface area contributed by atoms with E-state index >= 15 is 0 Å². The van der Waals surface area contributed by atoms with Crippen molar-refractivity contribution < 1.29 is 9.21 Å². The predicted molar refractivity (Wildman–Crippen MR) is 80.7 cm³/mol. The molecule has 1 unspecified atom stereocenters. The average molecular weight is 301 g/mol. The van der Waals surface area contributed by atoms with Gasteiger partial charge in [0, 0.05) is 38.4 Å². The number of hydrogen-bond donors (Lipinski definition) is 1. The number of rotatable bonds is 3. The number of hydrogen-bond acceptors (Lipinski definition) is 6. The van der Waals surface area contributed by atoms with E-state index < -0.39 is 0 Å². The maximum absolute atomic E-state index is 12.3. The smallest absolute Gasteiger partial charge is 0.289 e. The Bertz CT molecular complexity index is 655. The van der Waals surface area contributed by atoms with Crippen LogP contribution < -0.4 is 10.2 Å². The Morgan fingerprint density at radius 1 is 1.36 bits per heavy atom. The summed E-state index contributed by atoms with van der Waals surface area (Å²) in [7, 11) is 0. The molecule has 0 spiro atoms. The van der Waals surface area contributed by atoms with Gasteiger partial charge in [0.25, 0.3) is 5.91 Å². The van der Waals surface area contributed by atoms with Crippen LogP contribution in [0.2, 0.25) is 0 Å². The quantitative estimate of drug-likeness (QED) is 0.924. The van der Waals surface area contributed by atoms with E-state index in [1.807, 2.05) is 0 Å². The molecule has 116 valence electrons. The van der Waals surface area contributed by atoms with Gasteiger partial charge in [-0.15, -0.1) is 0 Å². The molecule has 1 saturated heterocycles. The number of aryl methyl sites for hydroxylation is 2. The Balaban J connectivity index is 1.65. The Kier molecular flexibility index (Phi) is 4.04. The highest BCUT2D eigenvalue weighted by Crippen LogP contribution is 2.16.